The molecular weight excluding hydrogens is 416 g/mol. The maximum absolute atomic E-state index is 14.0. The molecule has 7 nitrogen and oxygen atoms in total. The third-order valence-corrected chi connectivity index (χ3v) is 6.98. The van der Waals surface area contributed by atoms with Gasteiger partial charge in [-0.3, -0.25) is 4.79 Å². The summed E-state index contributed by atoms with van der Waals surface area (Å²) in [7, 11) is -2.74. The number of aromatic nitrogens is 1. The Balaban J connectivity index is 1.90. The Labute approximate surface area is 170 Å². The highest BCUT2D eigenvalue weighted by atomic mass is 32.2. The van der Waals surface area contributed by atoms with E-state index in [1.807, 2.05) is 6.07 Å². The number of fused-ring (bicyclic) bond motifs is 3. The first-order chi connectivity index (χ1) is 14.2. The van der Waals surface area contributed by atoms with Gasteiger partial charge in [-0.2, -0.15) is 9.57 Å². The number of aromatic amines is 1. The first-order valence-corrected chi connectivity index (χ1v) is 10.3. The standard InChI is InChI=1S/C20H15F2N3O4S/c1-25(30(27,28)12-4-2-3-11(5-12)8-23)18-10-29-9-17-19(18)13-6-15(21)16(22)7-14(13)20(26)24-17/h2-7,18H,9-10H2,1H3,(H,24,26)/t18-/m1/s1. The van der Waals surface area contributed by atoms with Gasteiger partial charge in [-0.25, -0.2) is 17.2 Å². The van der Waals surface area contributed by atoms with Gasteiger partial charge in [0.25, 0.3) is 5.56 Å². The van der Waals surface area contributed by atoms with Crippen LogP contribution in [0.3, 0.4) is 0 Å². The minimum absolute atomic E-state index is 0.00614. The second-order valence-electron chi connectivity index (χ2n) is 6.85. The van der Waals surface area contributed by atoms with Crippen LogP contribution in [-0.2, 0) is 21.4 Å². The minimum atomic E-state index is -4.07. The van der Waals surface area contributed by atoms with Crippen molar-refractivity contribution in [3.8, 4) is 6.07 Å². The second kappa shape index (κ2) is 7.28. The molecule has 30 heavy (non-hydrogen) atoms. The summed E-state index contributed by atoms with van der Waals surface area (Å²) in [6.07, 6.45) is 0. The Kier molecular flexibility index (Phi) is 4.89. The van der Waals surface area contributed by atoms with Crippen LogP contribution in [0.4, 0.5) is 8.78 Å². The number of nitrogens with zero attached hydrogens (tertiary/aromatic N) is 2. The molecule has 2 aromatic carbocycles. The van der Waals surface area contributed by atoms with Crippen molar-refractivity contribution in [1.29, 1.82) is 5.26 Å². The molecular formula is C20H15F2N3O4S. The molecule has 1 aliphatic heterocycles. The quantitative estimate of drug-likeness (QED) is 0.687. The van der Waals surface area contributed by atoms with Crippen molar-refractivity contribution < 1.29 is 21.9 Å². The summed E-state index contributed by atoms with van der Waals surface area (Å²) in [5.74, 6) is -2.32. The molecule has 0 unspecified atom stereocenters. The number of likely N-dealkylation sites (N-methyl/N-ethyl adjacent to an activating group) is 1. The van der Waals surface area contributed by atoms with E-state index in [1.165, 1.54) is 31.3 Å². The Morgan fingerprint density at radius 1 is 1.20 bits per heavy atom. The van der Waals surface area contributed by atoms with Gasteiger partial charge in [0.2, 0.25) is 10.0 Å². The fraction of sp³-hybridized carbons (Fsp3) is 0.200. The molecule has 0 bridgehead atoms. The molecule has 0 radical (unpaired) electrons. The SMILES string of the molecule is CN([C@@H]1COCc2[nH]c(=O)c3cc(F)c(F)cc3c21)S(=O)(=O)c1cccc(C#N)c1. The molecule has 2 heterocycles. The monoisotopic (exact) mass is 431 g/mol. The van der Waals surface area contributed by atoms with Crippen molar-refractivity contribution in [3.05, 3.63) is 75.2 Å². The molecule has 1 N–H and O–H groups in total. The van der Waals surface area contributed by atoms with Gasteiger partial charge in [0, 0.05) is 18.3 Å². The zero-order valence-electron chi connectivity index (χ0n) is 15.6. The first-order valence-electron chi connectivity index (χ1n) is 8.84. The molecule has 0 spiro atoms. The van der Waals surface area contributed by atoms with Crippen molar-refractivity contribution in [2.24, 2.45) is 0 Å². The molecule has 0 saturated carbocycles. The molecule has 1 aromatic heterocycles. The third kappa shape index (κ3) is 3.17. The molecule has 0 aliphatic carbocycles. The van der Waals surface area contributed by atoms with E-state index in [1.54, 1.807) is 0 Å². The third-order valence-electron chi connectivity index (χ3n) is 5.12. The van der Waals surface area contributed by atoms with Crippen LogP contribution >= 0.6 is 0 Å². The van der Waals surface area contributed by atoms with Crippen LogP contribution in [-0.4, -0.2) is 31.4 Å². The second-order valence-corrected chi connectivity index (χ2v) is 8.85. The highest BCUT2D eigenvalue weighted by Gasteiger charge is 2.35. The van der Waals surface area contributed by atoms with E-state index < -0.39 is 33.3 Å². The summed E-state index contributed by atoms with van der Waals surface area (Å²) in [5, 5.41) is 9.09. The van der Waals surface area contributed by atoms with E-state index in [9.17, 15) is 22.0 Å². The zero-order valence-corrected chi connectivity index (χ0v) is 16.5. The molecule has 0 fully saturated rings. The first kappa shape index (κ1) is 20.2. The number of benzene rings is 2. The van der Waals surface area contributed by atoms with Gasteiger partial charge in [-0.05, 0) is 35.7 Å². The van der Waals surface area contributed by atoms with Crippen LogP contribution in [0, 0.1) is 23.0 Å². The number of nitriles is 1. The summed E-state index contributed by atoms with van der Waals surface area (Å²) in [6.45, 7) is -0.0609. The van der Waals surface area contributed by atoms with E-state index in [0.29, 0.717) is 11.3 Å². The van der Waals surface area contributed by atoms with E-state index >= 15 is 0 Å². The predicted molar refractivity (Wildman–Crippen MR) is 103 cm³/mol. The number of rotatable bonds is 3. The molecule has 0 saturated heterocycles. The molecule has 4 rings (SSSR count). The number of ether oxygens (including phenoxy) is 1. The number of hydrogen-bond acceptors (Lipinski definition) is 5. The normalized spacial score (nSPS) is 16.4. The Morgan fingerprint density at radius 2 is 1.90 bits per heavy atom. The summed E-state index contributed by atoms with van der Waals surface area (Å²) in [5.41, 5.74) is 0.191. The summed E-state index contributed by atoms with van der Waals surface area (Å²) >= 11 is 0. The van der Waals surface area contributed by atoms with Gasteiger partial charge in [0.15, 0.2) is 11.6 Å². The van der Waals surface area contributed by atoms with Crippen LogP contribution in [0.1, 0.15) is 22.9 Å². The van der Waals surface area contributed by atoms with Gasteiger partial charge in [0.1, 0.15) is 0 Å². The largest absolute Gasteiger partial charge is 0.373 e. The number of pyridine rings is 1. The lowest BCUT2D eigenvalue weighted by Crippen LogP contribution is -2.37. The highest BCUT2D eigenvalue weighted by Crippen LogP contribution is 2.36. The lowest BCUT2D eigenvalue weighted by Gasteiger charge is -2.33. The van der Waals surface area contributed by atoms with Gasteiger partial charge in [-0.1, -0.05) is 6.07 Å². The molecule has 1 atom stereocenters. The maximum atomic E-state index is 14.0. The number of hydrogen-bond donors (Lipinski definition) is 1. The minimum Gasteiger partial charge on any atom is -0.373 e. The highest BCUT2D eigenvalue weighted by molar-refractivity contribution is 7.89. The number of nitrogens with one attached hydrogen (secondary N) is 1. The topological polar surface area (TPSA) is 103 Å². The van der Waals surface area contributed by atoms with Gasteiger partial charge >= 0.3 is 0 Å². The van der Waals surface area contributed by atoms with Crippen LogP contribution < -0.4 is 5.56 Å². The maximum Gasteiger partial charge on any atom is 0.256 e. The molecule has 154 valence electrons. The van der Waals surface area contributed by atoms with Crippen LogP contribution in [0.15, 0.2) is 46.1 Å². The van der Waals surface area contributed by atoms with Crippen LogP contribution in [0.5, 0.6) is 0 Å². The lowest BCUT2D eigenvalue weighted by molar-refractivity contribution is 0.0626. The van der Waals surface area contributed by atoms with Crippen LogP contribution in [0.25, 0.3) is 10.8 Å². The van der Waals surface area contributed by atoms with Crippen molar-refractivity contribution in [1.82, 2.24) is 9.29 Å². The van der Waals surface area contributed by atoms with E-state index in [-0.39, 0.29) is 34.4 Å². The number of halogens is 2. The Hall–Kier alpha value is -3.13. The van der Waals surface area contributed by atoms with E-state index in [0.717, 1.165) is 16.4 Å². The Morgan fingerprint density at radius 3 is 2.60 bits per heavy atom. The average molecular weight is 431 g/mol. The molecule has 1 aliphatic rings. The van der Waals surface area contributed by atoms with Crippen molar-refractivity contribution in [2.45, 2.75) is 17.5 Å². The summed E-state index contributed by atoms with van der Waals surface area (Å²) in [4.78, 5) is 14.8. The lowest BCUT2D eigenvalue weighted by atomic mass is 9.96. The van der Waals surface area contributed by atoms with E-state index in [2.05, 4.69) is 4.98 Å². The summed E-state index contributed by atoms with van der Waals surface area (Å²) < 4.78 is 60.6. The molecule has 10 heteroatoms. The van der Waals surface area contributed by atoms with Crippen molar-refractivity contribution in [3.63, 3.8) is 0 Å². The fourth-order valence-electron chi connectivity index (χ4n) is 3.59. The predicted octanol–water partition coefficient (Wildman–Crippen LogP) is 2.57. The van der Waals surface area contributed by atoms with Gasteiger partial charge in [-0.15, -0.1) is 0 Å². The van der Waals surface area contributed by atoms with Gasteiger partial charge in [0.05, 0.1) is 41.2 Å². The number of sulfonamides is 1. The molecule has 0 amide bonds. The number of H-pyrrole nitrogens is 1. The average Bonchev–Trinajstić information content (AvgIpc) is 2.74. The van der Waals surface area contributed by atoms with E-state index in [4.69, 9.17) is 10.00 Å². The van der Waals surface area contributed by atoms with Crippen molar-refractivity contribution >= 4 is 20.8 Å². The fourth-order valence-corrected chi connectivity index (χ4v) is 4.95. The van der Waals surface area contributed by atoms with Gasteiger partial charge < -0.3 is 9.72 Å². The van der Waals surface area contributed by atoms with Crippen LogP contribution in [0.2, 0.25) is 0 Å². The Bertz CT molecular complexity index is 1380. The zero-order chi connectivity index (χ0) is 21.6. The smallest absolute Gasteiger partial charge is 0.256 e. The molecule has 3 aromatic rings. The van der Waals surface area contributed by atoms with Crippen molar-refractivity contribution in [2.75, 3.05) is 13.7 Å². The summed E-state index contributed by atoms with van der Waals surface area (Å²) in [6, 6.07) is 8.21.